The molecule has 7 heteroatoms. The summed E-state index contributed by atoms with van der Waals surface area (Å²) in [5.74, 6) is -1.93. The van der Waals surface area contributed by atoms with E-state index in [4.69, 9.17) is 11.6 Å². The van der Waals surface area contributed by atoms with Crippen molar-refractivity contribution in [2.45, 2.75) is 12.8 Å². The van der Waals surface area contributed by atoms with E-state index in [-0.39, 0.29) is 17.6 Å². The molecule has 0 bridgehead atoms. The number of carbonyl (C=O) groups excluding carboxylic acids is 3. The van der Waals surface area contributed by atoms with Crippen LogP contribution in [0.2, 0.25) is 5.02 Å². The second kappa shape index (κ2) is 10.8. The van der Waals surface area contributed by atoms with Gasteiger partial charge in [0.15, 0.2) is 5.78 Å². The van der Waals surface area contributed by atoms with Crippen LogP contribution in [0, 0.1) is 11.8 Å². The van der Waals surface area contributed by atoms with Crippen LogP contribution in [0.3, 0.4) is 0 Å². The van der Waals surface area contributed by atoms with Gasteiger partial charge in [0.1, 0.15) is 0 Å². The Bertz CT molecular complexity index is 1260. The van der Waals surface area contributed by atoms with E-state index in [1.807, 2.05) is 18.2 Å². The van der Waals surface area contributed by atoms with E-state index in [0.29, 0.717) is 40.4 Å². The molecular formula is C27H22BrClN2O3. The largest absolute Gasteiger partial charge is 0.325 e. The normalized spacial score (nSPS) is 17.1. The highest BCUT2D eigenvalue weighted by Crippen LogP contribution is 2.31. The van der Waals surface area contributed by atoms with Gasteiger partial charge >= 0.3 is 0 Å². The van der Waals surface area contributed by atoms with Gasteiger partial charge < -0.3 is 10.6 Å². The first kappa shape index (κ1) is 23.9. The minimum Gasteiger partial charge on any atom is -0.325 e. The fourth-order valence-corrected chi connectivity index (χ4v) is 4.51. The number of benzene rings is 3. The van der Waals surface area contributed by atoms with E-state index in [9.17, 15) is 14.4 Å². The van der Waals surface area contributed by atoms with Crippen LogP contribution in [-0.4, -0.2) is 17.6 Å². The molecule has 0 saturated heterocycles. The quantitative estimate of drug-likeness (QED) is 0.279. The Morgan fingerprint density at radius 3 is 2.00 bits per heavy atom. The number of anilines is 2. The average Bonchev–Trinajstić information content (AvgIpc) is 2.86. The maximum Gasteiger partial charge on any atom is 0.228 e. The van der Waals surface area contributed by atoms with Crippen LogP contribution in [-0.2, 0) is 9.59 Å². The number of amides is 2. The fourth-order valence-electron chi connectivity index (χ4n) is 3.97. The summed E-state index contributed by atoms with van der Waals surface area (Å²) in [6.07, 6.45) is 4.67. The zero-order valence-corrected chi connectivity index (χ0v) is 20.5. The molecule has 1 aliphatic rings. The Hall–Kier alpha value is -3.22. The molecule has 2 unspecified atom stereocenters. The lowest BCUT2D eigenvalue weighted by atomic mass is 9.81. The predicted octanol–water partition coefficient (Wildman–Crippen LogP) is 6.49. The third kappa shape index (κ3) is 5.46. The first-order chi connectivity index (χ1) is 16.4. The smallest absolute Gasteiger partial charge is 0.228 e. The molecule has 4 rings (SSSR count). The Balaban J connectivity index is 1.55. The number of allylic oxidation sites excluding steroid dienone is 2. The maximum atomic E-state index is 13.3. The van der Waals surface area contributed by atoms with Crippen molar-refractivity contribution in [1.29, 1.82) is 0 Å². The van der Waals surface area contributed by atoms with Gasteiger partial charge in [-0.1, -0.05) is 82.1 Å². The molecular weight excluding hydrogens is 516 g/mol. The lowest BCUT2D eigenvalue weighted by Gasteiger charge is -2.27. The van der Waals surface area contributed by atoms with Crippen LogP contribution in [0.1, 0.15) is 28.8 Å². The molecule has 0 aromatic heterocycles. The van der Waals surface area contributed by atoms with Gasteiger partial charge in [-0.05, 0) is 43.2 Å². The summed E-state index contributed by atoms with van der Waals surface area (Å²) in [6.45, 7) is 0. The summed E-state index contributed by atoms with van der Waals surface area (Å²) in [5.41, 5.74) is 1.81. The van der Waals surface area contributed by atoms with E-state index in [1.54, 1.807) is 66.7 Å². The highest BCUT2D eigenvalue weighted by Gasteiger charge is 2.34. The number of carbonyl (C=O) groups is 3. The number of halogens is 2. The second-order valence-corrected chi connectivity index (χ2v) is 9.32. The van der Waals surface area contributed by atoms with Crippen molar-refractivity contribution in [3.63, 3.8) is 0 Å². The van der Waals surface area contributed by atoms with Crippen molar-refractivity contribution in [3.05, 3.63) is 106 Å². The van der Waals surface area contributed by atoms with Gasteiger partial charge in [0.05, 0.1) is 28.2 Å². The molecule has 0 fully saturated rings. The highest BCUT2D eigenvalue weighted by molar-refractivity contribution is 9.10. The van der Waals surface area contributed by atoms with Crippen molar-refractivity contribution in [3.8, 4) is 0 Å². The predicted molar refractivity (Wildman–Crippen MR) is 138 cm³/mol. The Kier molecular flexibility index (Phi) is 7.60. The molecule has 5 nitrogen and oxygen atoms in total. The summed E-state index contributed by atoms with van der Waals surface area (Å²) in [7, 11) is 0. The molecule has 0 spiro atoms. The first-order valence-electron chi connectivity index (χ1n) is 10.8. The number of rotatable bonds is 6. The maximum absolute atomic E-state index is 13.3. The van der Waals surface area contributed by atoms with E-state index >= 15 is 0 Å². The van der Waals surface area contributed by atoms with Crippen molar-refractivity contribution < 1.29 is 14.4 Å². The number of nitrogens with one attached hydrogen (secondary N) is 2. The van der Waals surface area contributed by atoms with Crippen molar-refractivity contribution in [2.75, 3.05) is 10.6 Å². The molecule has 0 aliphatic heterocycles. The SMILES string of the molecule is O=C(c1ccccc1)c1cc(Br)ccc1NC(=O)C1CC=CCC1C(=O)Nc1ccccc1Cl. The molecule has 0 radical (unpaired) electrons. The number of hydrogen-bond donors (Lipinski definition) is 2. The third-order valence-electron chi connectivity index (χ3n) is 5.76. The second-order valence-electron chi connectivity index (χ2n) is 8.00. The zero-order chi connectivity index (χ0) is 24.1. The first-order valence-corrected chi connectivity index (χ1v) is 12.0. The summed E-state index contributed by atoms with van der Waals surface area (Å²) >= 11 is 9.59. The fraction of sp³-hybridized carbons (Fsp3) is 0.148. The molecule has 1 aliphatic carbocycles. The number of hydrogen-bond acceptors (Lipinski definition) is 3. The molecule has 3 aromatic rings. The van der Waals surface area contributed by atoms with E-state index in [0.717, 1.165) is 4.47 Å². The van der Waals surface area contributed by atoms with Crippen molar-refractivity contribution in [1.82, 2.24) is 0 Å². The van der Waals surface area contributed by atoms with Gasteiger partial charge in [-0.15, -0.1) is 0 Å². The molecule has 2 amide bonds. The minimum absolute atomic E-state index is 0.200. The third-order valence-corrected chi connectivity index (χ3v) is 6.58. The molecule has 34 heavy (non-hydrogen) atoms. The topological polar surface area (TPSA) is 75.3 Å². The van der Waals surface area contributed by atoms with Gasteiger partial charge in [-0.25, -0.2) is 0 Å². The van der Waals surface area contributed by atoms with Crippen LogP contribution in [0.4, 0.5) is 11.4 Å². The summed E-state index contributed by atoms with van der Waals surface area (Å²) < 4.78 is 0.724. The Labute approximate surface area is 211 Å². The van der Waals surface area contributed by atoms with E-state index in [2.05, 4.69) is 26.6 Å². The van der Waals surface area contributed by atoms with Crippen LogP contribution in [0.5, 0.6) is 0 Å². The average molecular weight is 538 g/mol. The van der Waals surface area contributed by atoms with Crippen LogP contribution in [0.25, 0.3) is 0 Å². The lowest BCUT2D eigenvalue weighted by molar-refractivity contribution is -0.129. The van der Waals surface area contributed by atoms with Crippen LogP contribution >= 0.6 is 27.5 Å². The van der Waals surface area contributed by atoms with Gasteiger partial charge in [0.2, 0.25) is 11.8 Å². The van der Waals surface area contributed by atoms with Gasteiger partial charge in [-0.3, -0.25) is 14.4 Å². The molecule has 2 N–H and O–H groups in total. The van der Waals surface area contributed by atoms with E-state index in [1.165, 1.54) is 0 Å². The minimum atomic E-state index is -0.587. The summed E-state index contributed by atoms with van der Waals surface area (Å²) in [4.78, 5) is 39.5. The highest BCUT2D eigenvalue weighted by atomic mass is 79.9. The van der Waals surface area contributed by atoms with Crippen molar-refractivity contribution in [2.24, 2.45) is 11.8 Å². The molecule has 172 valence electrons. The van der Waals surface area contributed by atoms with Crippen molar-refractivity contribution >= 4 is 56.5 Å². The number of ketones is 1. The lowest BCUT2D eigenvalue weighted by Crippen LogP contribution is -2.37. The molecule has 3 aromatic carbocycles. The standard InChI is InChI=1S/C27H22BrClN2O3/c28-18-14-15-23(21(16-18)25(32)17-8-2-1-3-9-17)30-26(33)19-10-4-5-11-20(19)27(34)31-24-13-7-6-12-22(24)29/h1-9,12-16,19-20H,10-11H2,(H,30,33)(H,31,34). The summed E-state index contributed by atoms with van der Waals surface area (Å²) in [6, 6.07) is 21.0. The molecule has 0 heterocycles. The van der Waals surface area contributed by atoms with Gasteiger partial charge in [-0.2, -0.15) is 0 Å². The van der Waals surface area contributed by atoms with Crippen LogP contribution < -0.4 is 10.6 Å². The molecule has 2 atom stereocenters. The summed E-state index contributed by atoms with van der Waals surface area (Å²) in [5, 5.41) is 6.17. The zero-order valence-electron chi connectivity index (χ0n) is 18.1. The Morgan fingerprint density at radius 1 is 0.765 bits per heavy atom. The monoisotopic (exact) mass is 536 g/mol. The Morgan fingerprint density at radius 2 is 1.35 bits per heavy atom. The van der Waals surface area contributed by atoms with Gasteiger partial charge in [0, 0.05) is 15.6 Å². The van der Waals surface area contributed by atoms with Crippen LogP contribution in [0.15, 0.2) is 89.4 Å². The number of para-hydroxylation sites is 1. The molecule has 0 saturated carbocycles. The van der Waals surface area contributed by atoms with E-state index < -0.39 is 11.8 Å². The van der Waals surface area contributed by atoms with Gasteiger partial charge in [0.25, 0.3) is 0 Å².